The zero-order valence-electron chi connectivity index (χ0n) is 11.1. The van der Waals surface area contributed by atoms with Crippen molar-refractivity contribution in [2.75, 3.05) is 5.32 Å². The van der Waals surface area contributed by atoms with Gasteiger partial charge < -0.3 is 10.1 Å². The van der Waals surface area contributed by atoms with Crippen molar-refractivity contribution < 1.29 is 22.7 Å². The molecule has 1 N–H and O–H groups in total. The van der Waals surface area contributed by atoms with Gasteiger partial charge in [-0.15, -0.1) is 0 Å². The number of hydrogen-bond donors (Lipinski definition) is 1. The van der Waals surface area contributed by atoms with Gasteiger partial charge in [0.15, 0.2) is 0 Å². The van der Waals surface area contributed by atoms with Crippen LogP contribution in [-0.4, -0.2) is 12.5 Å². The van der Waals surface area contributed by atoms with Crippen molar-refractivity contribution in [2.45, 2.75) is 13.5 Å². The van der Waals surface area contributed by atoms with Gasteiger partial charge in [0.2, 0.25) is 0 Å². The summed E-state index contributed by atoms with van der Waals surface area (Å²) in [4.78, 5) is 12.0. The lowest BCUT2D eigenvalue weighted by Gasteiger charge is -2.12. The number of carbonyl (C=O) groups is 1. The first-order chi connectivity index (χ1) is 9.97. The van der Waals surface area contributed by atoms with E-state index in [9.17, 15) is 18.0 Å². The van der Waals surface area contributed by atoms with Crippen LogP contribution < -0.4 is 10.1 Å². The van der Waals surface area contributed by atoms with Gasteiger partial charge in [-0.1, -0.05) is 12.1 Å². The van der Waals surface area contributed by atoms with Crippen LogP contribution in [0, 0.1) is 12.7 Å². The highest BCUT2D eigenvalue weighted by molar-refractivity contribution is 6.05. The summed E-state index contributed by atoms with van der Waals surface area (Å²) in [5.74, 6) is -1.10. The van der Waals surface area contributed by atoms with E-state index < -0.39 is 18.3 Å². The number of benzene rings is 2. The van der Waals surface area contributed by atoms with Gasteiger partial charge in [-0.05, 0) is 42.8 Å². The summed E-state index contributed by atoms with van der Waals surface area (Å²) >= 11 is 0. The Balaban J connectivity index is 2.21. The van der Waals surface area contributed by atoms with Crippen LogP contribution in [-0.2, 0) is 0 Å². The van der Waals surface area contributed by atoms with E-state index in [1.54, 1.807) is 6.07 Å². The second-order valence-electron chi connectivity index (χ2n) is 4.29. The predicted molar refractivity (Wildman–Crippen MR) is 72.2 cm³/mol. The van der Waals surface area contributed by atoms with Crippen LogP contribution in [0.4, 0.5) is 18.9 Å². The minimum atomic E-state index is -2.99. The van der Waals surface area contributed by atoms with Gasteiger partial charge in [0.25, 0.3) is 5.91 Å². The number of halogens is 3. The molecule has 0 bridgehead atoms. The molecule has 0 aliphatic heterocycles. The van der Waals surface area contributed by atoms with Gasteiger partial charge in [-0.2, -0.15) is 8.78 Å². The van der Waals surface area contributed by atoms with Gasteiger partial charge in [-0.25, -0.2) is 4.39 Å². The second-order valence-corrected chi connectivity index (χ2v) is 4.29. The fourth-order valence-electron chi connectivity index (χ4n) is 1.75. The van der Waals surface area contributed by atoms with Crippen LogP contribution in [0.2, 0.25) is 0 Å². The molecule has 0 heterocycles. The molecule has 0 spiro atoms. The highest BCUT2D eigenvalue weighted by atomic mass is 19.3. The fraction of sp³-hybridized carbons (Fsp3) is 0.133. The van der Waals surface area contributed by atoms with Crippen LogP contribution in [0.5, 0.6) is 5.75 Å². The molecular formula is C15H12F3NO2. The van der Waals surface area contributed by atoms with Crippen molar-refractivity contribution in [3.05, 3.63) is 59.4 Å². The van der Waals surface area contributed by atoms with E-state index in [1.165, 1.54) is 43.3 Å². The van der Waals surface area contributed by atoms with Crippen molar-refractivity contribution in [1.82, 2.24) is 0 Å². The summed E-state index contributed by atoms with van der Waals surface area (Å²) in [6, 6.07) is 9.70. The maximum atomic E-state index is 13.2. The third-order valence-corrected chi connectivity index (χ3v) is 2.77. The average Bonchev–Trinajstić information content (AvgIpc) is 2.43. The van der Waals surface area contributed by atoms with E-state index >= 15 is 0 Å². The number of aryl methyl sites for hydroxylation is 1. The maximum Gasteiger partial charge on any atom is 0.387 e. The van der Waals surface area contributed by atoms with Gasteiger partial charge >= 0.3 is 6.61 Å². The van der Waals surface area contributed by atoms with E-state index in [0.29, 0.717) is 5.56 Å². The molecule has 0 saturated heterocycles. The van der Waals surface area contributed by atoms with E-state index in [2.05, 4.69) is 10.1 Å². The summed E-state index contributed by atoms with van der Waals surface area (Å²) < 4.78 is 42.0. The van der Waals surface area contributed by atoms with Gasteiger partial charge in [0, 0.05) is 5.56 Å². The van der Waals surface area contributed by atoms with Crippen LogP contribution in [0.1, 0.15) is 15.9 Å². The molecule has 0 aliphatic rings. The Bertz CT molecular complexity index is 659. The van der Waals surface area contributed by atoms with E-state index in [-0.39, 0.29) is 17.0 Å². The van der Waals surface area contributed by atoms with Crippen molar-refractivity contribution in [3.63, 3.8) is 0 Å². The Kier molecular flexibility index (Phi) is 4.47. The first-order valence-corrected chi connectivity index (χ1v) is 6.08. The lowest BCUT2D eigenvalue weighted by atomic mass is 10.1. The molecule has 3 nitrogen and oxygen atoms in total. The van der Waals surface area contributed by atoms with Gasteiger partial charge in [0.05, 0.1) is 5.69 Å². The summed E-state index contributed by atoms with van der Waals surface area (Å²) in [6.45, 7) is -1.46. The third-order valence-electron chi connectivity index (χ3n) is 2.77. The van der Waals surface area contributed by atoms with Crippen molar-refractivity contribution in [1.29, 1.82) is 0 Å². The summed E-state index contributed by atoms with van der Waals surface area (Å²) in [6.07, 6.45) is 0. The number of alkyl halides is 2. The number of ether oxygens (including phenoxy) is 1. The molecule has 1 amide bonds. The molecule has 110 valence electrons. The lowest BCUT2D eigenvalue weighted by molar-refractivity contribution is -0.0493. The van der Waals surface area contributed by atoms with E-state index in [0.717, 1.165) is 0 Å². The highest BCUT2D eigenvalue weighted by Gasteiger charge is 2.13. The molecule has 21 heavy (non-hydrogen) atoms. The number of para-hydroxylation sites is 2. The van der Waals surface area contributed by atoms with Crippen LogP contribution in [0.25, 0.3) is 0 Å². The number of amides is 1. The largest absolute Gasteiger partial charge is 0.433 e. The van der Waals surface area contributed by atoms with Gasteiger partial charge in [0.1, 0.15) is 11.6 Å². The third kappa shape index (κ3) is 3.75. The minimum Gasteiger partial charge on any atom is -0.433 e. The maximum absolute atomic E-state index is 13.2. The lowest BCUT2D eigenvalue weighted by Crippen LogP contribution is -2.14. The highest BCUT2D eigenvalue weighted by Crippen LogP contribution is 2.26. The normalized spacial score (nSPS) is 10.5. The van der Waals surface area contributed by atoms with Crippen LogP contribution >= 0.6 is 0 Å². The van der Waals surface area contributed by atoms with Crippen molar-refractivity contribution in [2.24, 2.45) is 0 Å². The van der Waals surface area contributed by atoms with Crippen molar-refractivity contribution >= 4 is 11.6 Å². The average molecular weight is 295 g/mol. The quantitative estimate of drug-likeness (QED) is 0.926. The summed E-state index contributed by atoms with van der Waals surface area (Å²) in [7, 11) is 0. The predicted octanol–water partition coefficient (Wildman–Crippen LogP) is 3.99. The van der Waals surface area contributed by atoms with Crippen molar-refractivity contribution in [3.8, 4) is 5.75 Å². The molecule has 2 aromatic carbocycles. The van der Waals surface area contributed by atoms with E-state index in [1.807, 2.05) is 0 Å². The summed E-state index contributed by atoms with van der Waals surface area (Å²) in [5.41, 5.74) is 0.658. The Morgan fingerprint density at radius 3 is 2.57 bits per heavy atom. The first-order valence-electron chi connectivity index (χ1n) is 6.08. The summed E-state index contributed by atoms with van der Waals surface area (Å²) in [5, 5.41) is 2.46. The SMILES string of the molecule is Cc1cc(C(=O)Nc2ccccc2OC(F)F)ccc1F. The molecule has 0 aliphatic carbocycles. The Morgan fingerprint density at radius 2 is 1.90 bits per heavy atom. The standard InChI is InChI=1S/C15H12F3NO2/c1-9-8-10(6-7-11(9)16)14(20)19-12-4-2-3-5-13(12)21-15(17)18/h2-8,15H,1H3,(H,19,20). The number of rotatable bonds is 4. The van der Waals surface area contributed by atoms with Crippen LogP contribution in [0.3, 0.4) is 0 Å². The van der Waals surface area contributed by atoms with Gasteiger partial charge in [-0.3, -0.25) is 4.79 Å². The smallest absolute Gasteiger partial charge is 0.387 e. The minimum absolute atomic E-state index is 0.116. The zero-order valence-corrected chi connectivity index (χ0v) is 11.1. The molecular weight excluding hydrogens is 283 g/mol. The molecule has 6 heteroatoms. The molecule has 0 radical (unpaired) electrons. The second kappa shape index (κ2) is 6.30. The van der Waals surface area contributed by atoms with E-state index in [4.69, 9.17) is 0 Å². The molecule has 0 atom stereocenters. The van der Waals surface area contributed by atoms with Crippen LogP contribution in [0.15, 0.2) is 42.5 Å². The molecule has 0 unspecified atom stereocenters. The monoisotopic (exact) mass is 295 g/mol. The fourth-order valence-corrected chi connectivity index (χ4v) is 1.75. The number of hydrogen-bond acceptors (Lipinski definition) is 2. The number of nitrogens with one attached hydrogen (secondary N) is 1. The first kappa shape index (κ1) is 14.9. The molecule has 0 saturated carbocycles. The zero-order chi connectivity index (χ0) is 15.4. The number of anilines is 1. The Hall–Kier alpha value is -2.50. The number of carbonyl (C=O) groups excluding carboxylic acids is 1. The molecule has 2 aromatic rings. The molecule has 0 fully saturated rings. The molecule has 0 aromatic heterocycles. The Morgan fingerprint density at radius 1 is 1.19 bits per heavy atom. The Labute approximate surface area is 119 Å². The topological polar surface area (TPSA) is 38.3 Å². The molecule has 2 rings (SSSR count).